The number of piperidine rings is 1. The van der Waals surface area contributed by atoms with Gasteiger partial charge in [0.25, 0.3) is 0 Å². The monoisotopic (exact) mass is 529 g/mol. The minimum absolute atomic E-state index is 0.177. The van der Waals surface area contributed by atoms with Crippen LogP contribution < -0.4 is 10.1 Å². The van der Waals surface area contributed by atoms with E-state index in [-0.39, 0.29) is 6.61 Å². The second kappa shape index (κ2) is 12.3. The molecular formula is C25H31N5O4S2. The number of hydrogen-bond donors (Lipinski definition) is 1. The average molecular weight is 530 g/mol. The van der Waals surface area contributed by atoms with Gasteiger partial charge in [0.15, 0.2) is 0 Å². The van der Waals surface area contributed by atoms with Crippen molar-refractivity contribution in [1.82, 2.24) is 14.9 Å². The molecule has 1 unspecified atom stereocenters. The second-order valence-corrected chi connectivity index (χ2v) is 11.6. The van der Waals surface area contributed by atoms with Gasteiger partial charge < -0.3 is 14.8 Å². The summed E-state index contributed by atoms with van der Waals surface area (Å²) in [6.45, 7) is 5.50. The van der Waals surface area contributed by atoms with E-state index < -0.39 is 15.8 Å². The molecule has 9 nitrogen and oxygen atoms in total. The van der Waals surface area contributed by atoms with Crippen molar-refractivity contribution in [2.45, 2.75) is 31.1 Å². The summed E-state index contributed by atoms with van der Waals surface area (Å²) in [6.07, 6.45) is 6.13. The Kier molecular flexibility index (Phi) is 8.89. The number of hydrogen-bond acceptors (Lipinski definition) is 9. The van der Waals surface area contributed by atoms with Gasteiger partial charge in [0.2, 0.25) is 11.8 Å². The van der Waals surface area contributed by atoms with Crippen LogP contribution >= 0.6 is 11.3 Å². The van der Waals surface area contributed by atoms with Crippen molar-refractivity contribution >= 4 is 38.8 Å². The highest BCUT2D eigenvalue weighted by Gasteiger charge is 2.15. The first-order valence-electron chi connectivity index (χ1n) is 12.0. The third-order valence-corrected chi connectivity index (χ3v) is 8.25. The molecule has 0 radical (unpaired) electrons. The smallest absolute Gasteiger partial charge is 0.442 e. The zero-order valence-electron chi connectivity index (χ0n) is 20.5. The topological polar surface area (TPSA) is 106 Å². The van der Waals surface area contributed by atoms with Crippen molar-refractivity contribution < 1.29 is 18.5 Å². The molecule has 36 heavy (non-hydrogen) atoms. The average Bonchev–Trinajstić information content (AvgIpc) is 3.40. The number of benzene rings is 1. The molecule has 11 heteroatoms. The first-order chi connectivity index (χ1) is 17.4. The summed E-state index contributed by atoms with van der Waals surface area (Å²) in [5, 5.41) is 5.19. The van der Waals surface area contributed by atoms with Crippen molar-refractivity contribution in [2.24, 2.45) is 4.36 Å². The predicted molar refractivity (Wildman–Crippen MR) is 143 cm³/mol. The molecule has 1 aliphatic heterocycles. The van der Waals surface area contributed by atoms with E-state index in [9.17, 15) is 9.00 Å². The van der Waals surface area contributed by atoms with E-state index in [1.54, 1.807) is 48.7 Å². The van der Waals surface area contributed by atoms with Crippen molar-refractivity contribution in [2.75, 3.05) is 44.4 Å². The zero-order chi connectivity index (χ0) is 25.4. The first kappa shape index (κ1) is 26.1. The van der Waals surface area contributed by atoms with Crippen LogP contribution in [0.4, 0.5) is 16.4 Å². The van der Waals surface area contributed by atoms with Gasteiger partial charge in [-0.05, 0) is 68.6 Å². The molecule has 0 aliphatic carbocycles. The standard InChI is InChI=1S/C25H31N5O4S2/c1-3-33-25(31)29-36(2,32)20-11-9-19(10-12-20)27-24-26-18-21(22-8-7-17-35-22)23(28-24)34-16-15-30-13-5-4-6-14-30/h7-12,17-18H,3-6,13-16H2,1-2H3,(H,26,27,28). The molecule has 1 aliphatic rings. The zero-order valence-corrected chi connectivity index (χ0v) is 22.1. The van der Waals surface area contributed by atoms with Crippen molar-refractivity contribution in [1.29, 1.82) is 0 Å². The van der Waals surface area contributed by atoms with Crippen LogP contribution in [0, 0.1) is 0 Å². The normalized spacial score (nSPS) is 15.6. The van der Waals surface area contributed by atoms with Gasteiger partial charge in [-0.3, -0.25) is 4.90 Å². The minimum Gasteiger partial charge on any atom is -0.476 e. The molecule has 3 aromatic rings. The summed E-state index contributed by atoms with van der Waals surface area (Å²) in [4.78, 5) is 24.7. The number of ether oxygens (including phenoxy) is 2. The number of nitrogens with zero attached hydrogens (tertiary/aromatic N) is 4. The molecule has 3 heterocycles. The highest BCUT2D eigenvalue weighted by molar-refractivity contribution is 7.93. The molecule has 1 aromatic carbocycles. The fraction of sp³-hybridized carbons (Fsp3) is 0.400. The number of anilines is 2. The van der Waals surface area contributed by atoms with E-state index in [0.29, 0.717) is 29.0 Å². The van der Waals surface area contributed by atoms with Crippen LogP contribution in [0.25, 0.3) is 10.4 Å². The summed E-state index contributed by atoms with van der Waals surface area (Å²) in [7, 11) is -2.91. The lowest BCUT2D eigenvalue weighted by Crippen LogP contribution is -2.33. The summed E-state index contributed by atoms with van der Waals surface area (Å²) in [5.41, 5.74) is 1.56. The number of nitrogens with one attached hydrogen (secondary N) is 1. The Morgan fingerprint density at radius 1 is 1.19 bits per heavy atom. The largest absolute Gasteiger partial charge is 0.476 e. The Labute approximate surface area is 216 Å². The van der Waals surface area contributed by atoms with Gasteiger partial charge in [0.1, 0.15) is 6.61 Å². The number of amides is 1. The molecule has 1 amide bonds. The quantitative estimate of drug-likeness (QED) is 0.391. The molecule has 4 rings (SSSR count). The highest BCUT2D eigenvalue weighted by atomic mass is 32.2. The van der Waals surface area contributed by atoms with Crippen LogP contribution in [0.15, 0.2) is 57.2 Å². The van der Waals surface area contributed by atoms with Gasteiger partial charge in [-0.2, -0.15) is 4.98 Å². The number of carbonyl (C=O) groups is 1. The number of likely N-dealkylation sites (tertiary alicyclic amines) is 1. The van der Waals surface area contributed by atoms with E-state index in [2.05, 4.69) is 24.5 Å². The lowest BCUT2D eigenvalue weighted by atomic mass is 10.1. The van der Waals surface area contributed by atoms with Crippen molar-refractivity contribution in [3.8, 4) is 16.3 Å². The SMILES string of the molecule is CCOC(=O)N=S(C)(=O)c1ccc(Nc2ncc(-c3cccs3)c(OCCN3CCCCC3)n2)cc1. The van der Waals surface area contributed by atoms with Gasteiger partial charge in [-0.15, -0.1) is 15.7 Å². The van der Waals surface area contributed by atoms with Crippen LogP contribution in [0.2, 0.25) is 0 Å². The summed E-state index contributed by atoms with van der Waals surface area (Å²) in [5.74, 6) is 0.929. The van der Waals surface area contributed by atoms with Gasteiger partial charge in [-0.25, -0.2) is 14.0 Å². The number of rotatable bonds is 9. The first-order valence-corrected chi connectivity index (χ1v) is 14.8. The number of aromatic nitrogens is 2. The van der Waals surface area contributed by atoms with E-state index in [4.69, 9.17) is 9.47 Å². The lowest BCUT2D eigenvalue weighted by molar-refractivity contribution is 0.164. The summed E-state index contributed by atoms with van der Waals surface area (Å²) in [6, 6.07) is 10.8. The van der Waals surface area contributed by atoms with Gasteiger partial charge in [-0.1, -0.05) is 12.5 Å². The maximum Gasteiger partial charge on any atom is 0.442 e. The van der Waals surface area contributed by atoms with Crippen LogP contribution in [-0.2, 0) is 14.5 Å². The molecule has 192 valence electrons. The predicted octanol–water partition coefficient (Wildman–Crippen LogP) is 5.43. The molecule has 1 N–H and O–H groups in total. The maximum atomic E-state index is 12.8. The Morgan fingerprint density at radius 2 is 1.97 bits per heavy atom. The fourth-order valence-corrected chi connectivity index (χ4v) is 5.67. The third-order valence-electron chi connectivity index (χ3n) is 5.70. The Balaban J connectivity index is 1.48. The van der Waals surface area contributed by atoms with Gasteiger partial charge in [0, 0.05) is 34.5 Å². The van der Waals surface area contributed by atoms with Crippen LogP contribution in [-0.4, -0.2) is 64.3 Å². The van der Waals surface area contributed by atoms with E-state index in [0.717, 1.165) is 30.1 Å². The maximum absolute atomic E-state index is 12.8. The molecule has 2 aromatic heterocycles. The Morgan fingerprint density at radius 3 is 2.67 bits per heavy atom. The molecule has 0 bridgehead atoms. The minimum atomic E-state index is -2.91. The van der Waals surface area contributed by atoms with E-state index in [1.807, 2.05) is 17.5 Å². The molecule has 0 spiro atoms. The van der Waals surface area contributed by atoms with Crippen LogP contribution in [0.1, 0.15) is 26.2 Å². The second-order valence-electron chi connectivity index (χ2n) is 8.38. The molecular weight excluding hydrogens is 498 g/mol. The summed E-state index contributed by atoms with van der Waals surface area (Å²) >= 11 is 1.61. The Hall–Kier alpha value is -3.02. The summed E-state index contributed by atoms with van der Waals surface area (Å²) < 4.78 is 27.4. The fourth-order valence-electron chi connectivity index (χ4n) is 3.86. The lowest BCUT2D eigenvalue weighted by Gasteiger charge is -2.26. The highest BCUT2D eigenvalue weighted by Crippen LogP contribution is 2.32. The molecule has 0 saturated carbocycles. The molecule has 1 fully saturated rings. The van der Waals surface area contributed by atoms with E-state index in [1.165, 1.54) is 25.5 Å². The van der Waals surface area contributed by atoms with Crippen LogP contribution in [0.3, 0.4) is 0 Å². The van der Waals surface area contributed by atoms with Crippen molar-refractivity contribution in [3.05, 3.63) is 48.0 Å². The van der Waals surface area contributed by atoms with E-state index >= 15 is 0 Å². The third kappa shape index (κ3) is 7.02. The van der Waals surface area contributed by atoms with Crippen molar-refractivity contribution in [3.63, 3.8) is 0 Å². The van der Waals surface area contributed by atoms with Crippen LogP contribution in [0.5, 0.6) is 5.88 Å². The van der Waals surface area contributed by atoms with Gasteiger partial charge >= 0.3 is 6.09 Å². The van der Waals surface area contributed by atoms with Gasteiger partial charge in [0.05, 0.1) is 21.9 Å². The molecule has 1 saturated heterocycles. The number of carbonyl (C=O) groups excluding carboxylic acids is 1. The molecule has 1 atom stereocenters. The number of thiophene rings is 1. The Bertz CT molecular complexity index is 1270.